The van der Waals surface area contributed by atoms with Crippen molar-refractivity contribution in [3.8, 4) is 5.75 Å². The molecule has 0 aliphatic carbocycles. The van der Waals surface area contributed by atoms with Crippen LogP contribution in [0.4, 0.5) is 5.69 Å². The Hall–Kier alpha value is -3.40. The number of anilines is 1. The molecular formula is C22H24N4O5S. The maximum Gasteiger partial charge on any atom is 0.325 e. The molecule has 168 valence electrons. The molecule has 0 saturated heterocycles. The molecule has 2 N–H and O–H groups in total. The van der Waals surface area contributed by atoms with Crippen LogP contribution in [0, 0.1) is 0 Å². The SMILES string of the molecule is CN1c2cccc3c(O)c(C(=O)NCC(=O)OC(C)(C)C)c(=O)n(c23)CC1c1cncs1. The normalized spacial score (nSPS) is 15.6. The average molecular weight is 457 g/mol. The van der Waals surface area contributed by atoms with E-state index in [1.54, 1.807) is 44.6 Å². The highest BCUT2D eigenvalue weighted by Gasteiger charge is 2.32. The third kappa shape index (κ3) is 3.81. The van der Waals surface area contributed by atoms with E-state index in [0.717, 1.165) is 10.6 Å². The van der Waals surface area contributed by atoms with Gasteiger partial charge in [-0.1, -0.05) is 6.07 Å². The minimum atomic E-state index is -0.831. The number of amides is 1. The topological polar surface area (TPSA) is 114 Å². The molecule has 1 amide bonds. The van der Waals surface area contributed by atoms with E-state index in [0.29, 0.717) is 10.9 Å². The molecule has 0 fully saturated rings. The van der Waals surface area contributed by atoms with E-state index in [2.05, 4.69) is 10.3 Å². The minimum Gasteiger partial charge on any atom is -0.506 e. The van der Waals surface area contributed by atoms with Crippen molar-refractivity contribution in [2.24, 2.45) is 0 Å². The lowest BCUT2D eigenvalue weighted by Crippen LogP contribution is -2.41. The summed E-state index contributed by atoms with van der Waals surface area (Å²) in [5.41, 5.74) is 1.33. The zero-order valence-electron chi connectivity index (χ0n) is 18.2. The molecule has 1 unspecified atom stereocenters. The zero-order valence-corrected chi connectivity index (χ0v) is 19.0. The van der Waals surface area contributed by atoms with Crippen LogP contribution in [-0.4, -0.2) is 45.7 Å². The summed E-state index contributed by atoms with van der Waals surface area (Å²) in [7, 11) is 1.92. The number of esters is 1. The largest absolute Gasteiger partial charge is 0.506 e. The summed E-state index contributed by atoms with van der Waals surface area (Å²) in [6.45, 7) is 5.02. The number of hydrogen-bond donors (Lipinski definition) is 2. The fraction of sp³-hybridized carbons (Fsp3) is 0.364. The molecule has 0 bridgehead atoms. The predicted octanol–water partition coefficient (Wildman–Crippen LogP) is 2.43. The smallest absolute Gasteiger partial charge is 0.325 e. The standard InChI is InChI=1S/C22H24N4O5S/c1-22(2,3)31-16(27)9-24-20(29)17-19(28)12-6-5-7-13-18(12)26(21(17)30)10-14(25(13)4)15-8-23-11-32-15/h5-8,11,14,28H,9-10H2,1-4H3,(H,24,29). The van der Waals surface area contributed by atoms with E-state index in [1.165, 1.54) is 15.9 Å². The Morgan fingerprint density at radius 1 is 1.34 bits per heavy atom. The molecule has 2 aromatic heterocycles. The van der Waals surface area contributed by atoms with E-state index in [1.807, 2.05) is 18.0 Å². The van der Waals surface area contributed by atoms with E-state index >= 15 is 0 Å². The van der Waals surface area contributed by atoms with Gasteiger partial charge in [-0.25, -0.2) is 0 Å². The number of hydrogen-bond acceptors (Lipinski definition) is 8. The summed E-state index contributed by atoms with van der Waals surface area (Å²) in [4.78, 5) is 45.3. The van der Waals surface area contributed by atoms with Crippen LogP contribution >= 0.6 is 11.3 Å². The molecule has 3 aromatic rings. The van der Waals surface area contributed by atoms with Crippen LogP contribution in [0.5, 0.6) is 5.75 Å². The Balaban J connectivity index is 1.75. The molecule has 1 atom stereocenters. The molecule has 0 spiro atoms. The van der Waals surface area contributed by atoms with Gasteiger partial charge in [0, 0.05) is 23.5 Å². The van der Waals surface area contributed by atoms with Gasteiger partial charge >= 0.3 is 5.97 Å². The lowest BCUT2D eigenvalue weighted by atomic mass is 10.0. The van der Waals surface area contributed by atoms with Crippen molar-refractivity contribution in [2.45, 2.75) is 39.0 Å². The van der Waals surface area contributed by atoms with Gasteiger partial charge < -0.3 is 24.6 Å². The first-order chi connectivity index (χ1) is 15.1. The molecule has 32 heavy (non-hydrogen) atoms. The number of benzene rings is 1. The first kappa shape index (κ1) is 21.8. The van der Waals surface area contributed by atoms with Crippen molar-refractivity contribution >= 4 is 39.8 Å². The third-order valence-corrected chi connectivity index (χ3v) is 6.14. The van der Waals surface area contributed by atoms with Crippen molar-refractivity contribution < 1.29 is 19.4 Å². The van der Waals surface area contributed by atoms with Crippen molar-refractivity contribution in [3.63, 3.8) is 0 Å². The maximum absolute atomic E-state index is 13.4. The van der Waals surface area contributed by atoms with E-state index in [-0.39, 0.29) is 12.6 Å². The Morgan fingerprint density at radius 2 is 2.09 bits per heavy atom. The second-order valence-corrected chi connectivity index (χ2v) is 9.53. The fourth-order valence-corrected chi connectivity index (χ4v) is 4.65. The third-order valence-electron chi connectivity index (χ3n) is 5.26. The number of aromatic nitrogens is 2. The summed E-state index contributed by atoms with van der Waals surface area (Å²) in [5, 5.41) is 13.6. The number of ether oxygens (including phenoxy) is 1. The van der Waals surface area contributed by atoms with Gasteiger partial charge in [0.05, 0.1) is 29.3 Å². The molecule has 1 aliphatic heterocycles. The molecule has 0 radical (unpaired) electrons. The minimum absolute atomic E-state index is 0.152. The molecule has 10 heteroatoms. The first-order valence-electron chi connectivity index (χ1n) is 10.1. The van der Waals surface area contributed by atoms with Gasteiger partial charge in [0.2, 0.25) is 0 Å². The molecule has 1 aliphatic rings. The van der Waals surface area contributed by atoms with Gasteiger partial charge in [-0.15, -0.1) is 11.3 Å². The molecule has 3 heterocycles. The molecule has 9 nitrogen and oxygen atoms in total. The molecule has 1 aromatic carbocycles. The number of carbonyl (C=O) groups is 2. The fourth-order valence-electron chi connectivity index (χ4n) is 3.89. The van der Waals surface area contributed by atoms with Crippen LogP contribution in [0.25, 0.3) is 10.9 Å². The van der Waals surface area contributed by atoms with Crippen LogP contribution in [0.1, 0.15) is 42.0 Å². The van der Waals surface area contributed by atoms with Crippen LogP contribution < -0.4 is 15.8 Å². The van der Waals surface area contributed by atoms with Crippen molar-refractivity contribution in [3.05, 3.63) is 50.7 Å². The Kier molecular flexibility index (Phi) is 5.41. The first-order valence-corrected chi connectivity index (χ1v) is 11.0. The van der Waals surface area contributed by atoms with Crippen LogP contribution in [-0.2, 0) is 16.1 Å². The van der Waals surface area contributed by atoms with Gasteiger partial charge in [-0.3, -0.25) is 19.4 Å². The Bertz CT molecular complexity index is 1260. The summed E-state index contributed by atoms with van der Waals surface area (Å²) >= 11 is 1.48. The van der Waals surface area contributed by atoms with Crippen molar-refractivity contribution in [1.82, 2.24) is 14.9 Å². The highest BCUT2D eigenvalue weighted by atomic mass is 32.1. The number of likely N-dealkylation sites (N-methyl/N-ethyl adjacent to an activating group) is 1. The monoisotopic (exact) mass is 456 g/mol. The summed E-state index contributed by atoms with van der Waals surface area (Å²) in [5.74, 6) is -1.88. The number of pyridine rings is 1. The number of carbonyl (C=O) groups excluding carboxylic acids is 2. The van der Waals surface area contributed by atoms with E-state index in [9.17, 15) is 19.5 Å². The van der Waals surface area contributed by atoms with Gasteiger partial charge in [-0.05, 0) is 32.9 Å². The van der Waals surface area contributed by atoms with Crippen LogP contribution in [0.3, 0.4) is 0 Å². The van der Waals surface area contributed by atoms with Gasteiger partial charge in [0.15, 0.2) is 0 Å². The number of rotatable bonds is 4. The zero-order chi connectivity index (χ0) is 23.2. The second-order valence-electron chi connectivity index (χ2n) is 8.61. The number of nitrogens with zero attached hydrogens (tertiary/aromatic N) is 3. The maximum atomic E-state index is 13.4. The second kappa shape index (κ2) is 7.94. The van der Waals surface area contributed by atoms with E-state index < -0.39 is 40.9 Å². The Morgan fingerprint density at radius 3 is 2.75 bits per heavy atom. The van der Waals surface area contributed by atoms with Gasteiger partial charge in [-0.2, -0.15) is 0 Å². The summed E-state index contributed by atoms with van der Waals surface area (Å²) in [6.07, 6.45) is 1.76. The van der Waals surface area contributed by atoms with E-state index in [4.69, 9.17) is 4.74 Å². The van der Waals surface area contributed by atoms with Gasteiger partial charge in [0.25, 0.3) is 11.5 Å². The number of para-hydroxylation sites is 1. The Labute approximate surface area is 188 Å². The lowest BCUT2D eigenvalue weighted by Gasteiger charge is -2.36. The lowest BCUT2D eigenvalue weighted by molar-refractivity contribution is -0.153. The highest BCUT2D eigenvalue weighted by Crippen LogP contribution is 2.40. The quantitative estimate of drug-likeness (QED) is 0.580. The number of aromatic hydroxyl groups is 1. The number of nitrogens with one attached hydrogen (secondary N) is 1. The predicted molar refractivity (Wildman–Crippen MR) is 121 cm³/mol. The highest BCUT2D eigenvalue weighted by molar-refractivity contribution is 7.09. The van der Waals surface area contributed by atoms with Gasteiger partial charge in [0.1, 0.15) is 23.5 Å². The summed E-state index contributed by atoms with van der Waals surface area (Å²) in [6, 6.07) is 5.14. The van der Waals surface area contributed by atoms with Crippen LogP contribution in [0.15, 0.2) is 34.7 Å². The summed E-state index contributed by atoms with van der Waals surface area (Å²) < 4.78 is 6.69. The molecule has 0 saturated carbocycles. The van der Waals surface area contributed by atoms with Crippen LogP contribution in [0.2, 0.25) is 0 Å². The van der Waals surface area contributed by atoms with Crippen molar-refractivity contribution in [2.75, 3.05) is 18.5 Å². The van der Waals surface area contributed by atoms with Crippen molar-refractivity contribution in [1.29, 1.82) is 0 Å². The molecule has 4 rings (SSSR count). The number of thiazole rings is 1. The molecular weight excluding hydrogens is 432 g/mol. The average Bonchev–Trinajstić information content (AvgIpc) is 3.25.